The first-order valence-corrected chi connectivity index (χ1v) is 4.82. The van der Waals surface area contributed by atoms with Crippen molar-refractivity contribution in [3.05, 3.63) is 0 Å². The maximum atomic E-state index is 11.7. The highest BCUT2D eigenvalue weighted by Crippen LogP contribution is 2.20. The Bertz CT molecular complexity index is 127. The van der Waals surface area contributed by atoms with Gasteiger partial charge in [0.15, 0.2) is 0 Å². The van der Waals surface area contributed by atoms with E-state index in [2.05, 4.69) is 5.32 Å². The average molecular weight is 218 g/mol. The molecule has 0 spiro atoms. The smallest absolute Gasteiger partial charge is 0.316 e. The largest absolute Gasteiger partial charge is 0.389 e. The molecule has 0 aliphatic rings. The van der Waals surface area contributed by atoms with Crippen LogP contribution >= 0.6 is 11.6 Å². The van der Waals surface area contributed by atoms with Crippen LogP contribution in [0.2, 0.25) is 0 Å². The molecule has 0 radical (unpaired) electrons. The molecule has 0 aliphatic heterocycles. The summed E-state index contributed by atoms with van der Waals surface area (Å²) in [4.78, 5) is 0. The fourth-order valence-corrected chi connectivity index (χ4v) is 0.926. The zero-order chi connectivity index (χ0) is 10.3. The molecule has 0 amide bonds. The first-order valence-electron chi connectivity index (χ1n) is 4.29. The Labute approximate surface area is 81.6 Å². The van der Waals surface area contributed by atoms with Gasteiger partial charge in [0.2, 0.25) is 0 Å². The van der Waals surface area contributed by atoms with E-state index in [9.17, 15) is 13.2 Å². The van der Waals surface area contributed by atoms with Gasteiger partial charge in [0.05, 0.1) is 0 Å². The van der Waals surface area contributed by atoms with Crippen LogP contribution in [0.3, 0.4) is 0 Å². The second kappa shape index (κ2) is 6.49. The average Bonchev–Trinajstić information content (AvgIpc) is 2.01. The molecule has 0 fully saturated rings. The van der Waals surface area contributed by atoms with Gasteiger partial charge in [-0.15, -0.1) is 11.6 Å². The molecule has 0 aliphatic carbocycles. The van der Waals surface area contributed by atoms with Gasteiger partial charge in [0.1, 0.15) is 0 Å². The van der Waals surface area contributed by atoms with Gasteiger partial charge in [-0.25, -0.2) is 0 Å². The standard InChI is InChI=1S/C8H15ClF3N/c1-7(5-9)6-13-4-2-3-8(10,11)12/h7,13H,2-6H2,1H3. The molecule has 0 aromatic carbocycles. The number of alkyl halides is 4. The summed E-state index contributed by atoms with van der Waals surface area (Å²) in [5.41, 5.74) is 0. The van der Waals surface area contributed by atoms with Gasteiger partial charge < -0.3 is 5.32 Å². The predicted molar refractivity (Wildman–Crippen MR) is 48.0 cm³/mol. The van der Waals surface area contributed by atoms with Crippen LogP contribution in [-0.4, -0.2) is 25.1 Å². The van der Waals surface area contributed by atoms with Crippen LogP contribution in [0.15, 0.2) is 0 Å². The van der Waals surface area contributed by atoms with Gasteiger partial charge in [-0.05, 0) is 25.4 Å². The maximum absolute atomic E-state index is 11.7. The number of halogens is 4. The molecule has 0 rings (SSSR count). The molecule has 0 saturated carbocycles. The van der Waals surface area contributed by atoms with E-state index >= 15 is 0 Å². The fourth-order valence-electron chi connectivity index (χ4n) is 0.817. The van der Waals surface area contributed by atoms with E-state index in [-0.39, 0.29) is 6.42 Å². The van der Waals surface area contributed by atoms with Gasteiger partial charge in [-0.1, -0.05) is 6.92 Å². The van der Waals surface area contributed by atoms with Crippen molar-refractivity contribution in [3.63, 3.8) is 0 Å². The van der Waals surface area contributed by atoms with Crippen LogP contribution in [0.4, 0.5) is 13.2 Å². The van der Waals surface area contributed by atoms with Crippen LogP contribution in [-0.2, 0) is 0 Å². The Balaban J connectivity index is 3.18. The molecule has 5 heteroatoms. The second-order valence-electron chi connectivity index (χ2n) is 3.18. The van der Waals surface area contributed by atoms with Gasteiger partial charge in [-0.2, -0.15) is 13.2 Å². The molecule has 80 valence electrons. The van der Waals surface area contributed by atoms with Gasteiger partial charge >= 0.3 is 6.18 Å². The van der Waals surface area contributed by atoms with Gasteiger partial charge in [0.25, 0.3) is 0 Å². The zero-order valence-electron chi connectivity index (χ0n) is 7.62. The Morgan fingerprint density at radius 1 is 1.38 bits per heavy atom. The van der Waals surface area contributed by atoms with Gasteiger partial charge in [-0.3, -0.25) is 0 Å². The molecule has 1 unspecified atom stereocenters. The van der Waals surface area contributed by atoms with Crippen LogP contribution in [0.25, 0.3) is 0 Å². The number of hydrogen-bond acceptors (Lipinski definition) is 1. The maximum Gasteiger partial charge on any atom is 0.389 e. The van der Waals surface area contributed by atoms with E-state index in [1.54, 1.807) is 0 Å². The lowest BCUT2D eigenvalue weighted by Gasteiger charge is -2.09. The summed E-state index contributed by atoms with van der Waals surface area (Å²) in [6.45, 7) is 3.03. The first-order chi connectivity index (χ1) is 5.95. The number of rotatable bonds is 6. The Morgan fingerprint density at radius 2 is 2.00 bits per heavy atom. The molecule has 0 bridgehead atoms. The van der Waals surface area contributed by atoms with Crippen molar-refractivity contribution in [2.24, 2.45) is 5.92 Å². The van der Waals surface area contributed by atoms with E-state index in [4.69, 9.17) is 11.6 Å². The minimum atomic E-state index is -4.03. The monoisotopic (exact) mass is 217 g/mol. The normalized spacial score (nSPS) is 14.5. The molecule has 0 aromatic rings. The van der Waals surface area contributed by atoms with Crippen molar-refractivity contribution < 1.29 is 13.2 Å². The molecule has 1 N–H and O–H groups in total. The molecule has 0 saturated heterocycles. The first kappa shape index (κ1) is 13.0. The van der Waals surface area contributed by atoms with Crippen molar-refractivity contribution in [3.8, 4) is 0 Å². The van der Waals surface area contributed by atoms with Crippen molar-refractivity contribution >= 4 is 11.6 Å². The third-order valence-corrected chi connectivity index (χ3v) is 2.10. The summed E-state index contributed by atoms with van der Waals surface area (Å²) < 4.78 is 35.0. The van der Waals surface area contributed by atoms with E-state index < -0.39 is 12.6 Å². The molecule has 13 heavy (non-hydrogen) atoms. The van der Waals surface area contributed by atoms with E-state index in [0.717, 1.165) is 0 Å². The second-order valence-corrected chi connectivity index (χ2v) is 3.49. The van der Waals surface area contributed by atoms with Crippen molar-refractivity contribution in [2.75, 3.05) is 19.0 Å². The topological polar surface area (TPSA) is 12.0 Å². The number of nitrogens with one attached hydrogen (secondary N) is 1. The Kier molecular flexibility index (Phi) is 6.51. The quantitative estimate of drug-likeness (QED) is 0.533. The van der Waals surface area contributed by atoms with Crippen molar-refractivity contribution in [2.45, 2.75) is 25.9 Å². The number of hydrogen-bond donors (Lipinski definition) is 1. The van der Waals surface area contributed by atoms with Crippen LogP contribution in [0.1, 0.15) is 19.8 Å². The lowest BCUT2D eigenvalue weighted by molar-refractivity contribution is -0.135. The minimum Gasteiger partial charge on any atom is -0.316 e. The third-order valence-electron chi connectivity index (χ3n) is 1.57. The Morgan fingerprint density at radius 3 is 2.46 bits per heavy atom. The molecule has 0 heterocycles. The molecule has 1 nitrogen and oxygen atoms in total. The van der Waals surface area contributed by atoms with Crippen LogP contribution in [0.5, 0.6) is 0 Å². The highest BCUT2D eigenvalue weighted by Gasteiger charge is 2.25. The summed E-state index contributed by atoms with van der Waals surface area (Å²) in [7, 11) is 0. The molecular formula is C8H15ClF3N. The van der Waals surface area contributed by atoms with E-state index in [1.165, 1.54) is 0 Å². The molecular weight excluding hydrogens is 203 g/mol. The molecule has 1 atom stereocenters. The zero-order valence-corrected chi connectivity index (χ0v) is 8.38. The predicted octanol–water partition coefficient (Wildman–Crippen LogP) is 2.79. The SMILES string of the molecule is CC(CCl)CNCCCC(F)(F)F. The highest BCUT2D eigenvalue weighted by atomic mass is 35.5. The summed E-state index contributed by atoms with van der Waals surface area (Å²) >= 11 is 5.52. The molecule has 0 aromatic heterocycles. The van der Waals surface area contributed by atoms with Crippen molar-refractivity contribution in [1.29, 1.82) is 0 Å². The summed E-state index contributed by atoms with van der Waals surface area (Å²) in [5.74, 6) is 0.847. The van der Waals surface area contributed by atoms with E-state index in [1.807, 2.05) is 6.92 Å². The van der Waals surface area contributed by atoms with Crippen LogP contribution in [0, 0.1) is 5.92 Å². The highest BCUT2D eigenvalue weighted by molar-refractivity contribution is 6.18. The summed E-state index contributed by atoms with van der Waals surface area (Å²) in [5, 5.41) is 2.92. The van der Waals surface area contributed by atoms with Crippen molar-refractivity contribution in [1.82, 2.24) is 5.32 Å². The minimum absolute atomic E-state index is 0.137. The third kappa shape index (κ3) is 9.96. The lowest BCUT2D eigenvalue weighted by Crippen LogP contribution is -2.24. The fraction of sp³-hybridized carbons (Fsp3) is 1.00. The van der Waals surface area contributed by atoms with Gasteiger partial charge in [0, 0.05) is 12.3 Å². The van der Waals surface area contributed by atoms with E-state index in [0.29, 0.717) is 24.9 Å². The summed E-state index contributed by atoms with van der Waals surface area (Å²) in [6.07, 6.45) is -4.60. The Hall–Kier alpha value is 0.0400. The lowest BCUT2D eigenvalue weighted by atomic mass is 10.2. The van der Waals surface area contributed by atoms with Crippen LogP contribution < -0.4 is 5.32 Å². The summed E-state index contributed by atoms with van der Waals surface area (Å²) in [6, 6.07) is 0.